The van der Waals surface area contributed by atoms with E-state index < -0.39 is 35.4 Å². The molecule has 2 aromatic rings. The van der Waals surface area contributed by atoms with Crippen LogP contribution in [0.1, 0.15) is 30.5 Å². The summed E-state index contributed by atoms with van der Waals surface area (Å²) in [6.07, 6.45) is -0.230. The predicted octanol–water partition coefficient (Wildman–Crippen LogP) is 1.56. The van der Waals surface area contributed by atoms with Gasteiger partial charge in [0, 0.05) is 22.9 Å². The number of anilines is 1. The monoisotopic (exact) mass is 449 g/mol. The van der Waals surface area contributed by atoms with Gasteiger partial charge in [-0.2, -0.15) is 0 Å². The summed E-state index contributed by atoms with van der Waals surface area (Å²) in [5.41, 5.74) is 1.59. The number of para-hydroxylation sites is 2. The van der Waals surface area contributed by atoms with Crippen molar-refractivity contribution in [2.75, 3.05) is 12.4 Å². The Balaban J connectivity index is 1.62. The number of hydrogen-bond donors (Lipinski definition) is 3. The van der Waals surface area contributed by atoms with Crippen LogP contribution >= 0.6 is 0 Å². The number of aliphatic hydroxyl groups is 1. The Hall–Kier alpha value is -3.23. The number of carbonyl (C=O) groups excluding carboxylic acids is 3. The van der Waals surface area contributed by atoms with Crippen LogP contribution in [0.15, 0.2) is 42.5 Å². The van der Waals surface area contributed by atoms with E-state index in [-0.39, 0.29) is 18.4 Å². The Kier molecular flexibility index (Phi) is 5.02. The fraction of sp³-hybridized carbons (Fsp3) is 0.400. The number of amides is 3. The number of rotatable bonds is 5. The molecule has 0 aromatic heterocycles. The third kappa shape index (κ3) is 2.87. The first kappa shape index (κ1) is 21.6. The first-order chi connectivity index (χ1) is 15.8. The molecule has 0 saturated carbocycles. The zero-order valence-electron chi connectivity index (χ0n) is 18.8. The van der Waals surface area contributed by atoms with E-state index in [1.54, 1.807) is 19.1 Å². The standard InChI is InChI=1S/C25H27N3O5/c1-4-14-9-7-10-16-21(14)26-24(32)25(16)19-18(20(27-25)13(2)29)22(30)28(23(19)31)12-15-8-5-6-11-17(15)33-3/h5-11,13,18-20,27,29H,4,12H2,1-3H3,(H,26,32)/t13-,18-,19-,20+,25+/m0/s1. The van der Waals surface area contributed by atoms with E-state index in [0.29, 0.717) is 29.0 Å². The molecule has 8 heteroatoms. The van der Waals surface area contributed by atoms with Gasteiger partial charge in [-0.1, -0.05) is 43.3 Å². The Morgan fingerprint density at radius 1 is 1.09 bits per heavy atom. The van der Waals surface area contributed by atoms with Gasteiger partial charge in [0.1, 0.15) is 11.3 Å². The number of aryl methyl sites for hydroxylation is 1. The molecule has 2 fully saturated rings. The fourth-order valence-corrected chi connectivity index (χ4v) is 5.75. The van der Waals surface area contributed by atoms with Crippen LogP contribution in [0.2, 0.25) is 0 Å². The normalized spacial score (nSPS) is 28.8. The molecule has 5 rings (SSSR count). The predicted molar refractivity (Wildman–Crippen MR) is 120 cm³/mol. The highest BCUT2D eigenvalue weighted by molar-refractivity contribution is 6.15. The second-order valence-electron chi connectivity index (χ2n) is 8.94. The van der Waals surface area contributed by atoms with Gasteiger partial charge in [0.15, 0.2) is 0 Å². The number of methoxy groups -OCH3 is 1. The van der Waals surface area contributed by atoms with Crippen molar-refractivity contribution in [3.05, 3.63) is 59.2 Å². The molecular formula is C25H27N3O5. The van der Waals surface area contributed by atoms with Gasteiger partial charge < -0.3 is 15.2 Å². The van der Waals surface area contributed by atoms with Gasteiger partial charge in [-0.25, -0.2) is 0 Å². The molecule has 1 spiro atoms. The van der Waals surface area contributed by atoms with E-state index in [4.69, 9.17) is 4.74 Å². The first-order valence-electron chi connectivity index (χ1n) is 11.2. The minimum absolute atomic E-state index is 0.0424. The number of carbonyl (C=O) groups is 3. The molecular weight excluding hydrogens is 422 g/mol. The van der Waals surface area contributed by atoms with Crippen molar-refractivity contribution in [2.24, 2.45) is 11.8 Å². The molecule has 5 atom stereocenters. The van der Waals surface area contributed by atoms with Gasteiger partial charge in [-0.3, -0.25) is 24.6 Å². The molecule has 172 valence electrons. The quantitative estimate of drug-likeness (QED) is 0.598. The van der Waals surface area contributed by atoms with Crippen LogP contribution in [-0.4, -0.2) is 47.0 Å². The third-order valence-electron chi connectivity index (χ3n) is 7.28. The van der Waals surface area contributed by atoms with Crippen LogP contribution in [0.5, 0.6) is 5.75 Å². The molecule has 2 aromatic carbocycles. The summed E-state index contributed by atoms with van der Waals surface area (Å²) in [6, 6.07) is 12.1. The number of hydrogen-bond acceptors (Lipinski definition) is 6. The number of nitrogens with one attached hydrogen (secondary N) is 2. The van der Waals surface area contributed by atoms with E-state index in [0.717, 1.165) is 5.56 Å². The Morgan fingerprint density at radius 2 is 1.82 bits per heavy atom. The maximum Gasteiger partial charge on any atom is 0.250 e. The zero-order valence-corrected chi connectivity index (χ0v) is 18.8. The highest BCUT2D eigenvalue weighted by Gasteiger charge is 2.71. The molecule has 0 radical (unpaired) electrons. The highest BCUT2D eigenvalue weighted by Crippen LogP contribution is 2.54. The summed E-state index contributed by atoms with van der Waals surface area (Å²) in [5.74, 6) is -2.40. The molecule has 3 amide bonds. The molecule has 0 unspecified atom stereocenters. The lowest BCUT2D eigenvalue weighted by molar-refractivity contribution is -0.143. The van der Waals surface area contributed by atoms with E-state index >= 15 is 0 Å². The van der Waals surface area contributed by atoms with E-state index in [1.807, 2.05) is 37.3 Å². The topological polar surface area (TPSA) is 108 Å². The average Bonchev–Trinajstić information content (AvgIpc) is 3.40. The van der Waals surface area contributed by atoms with E-state index in [2.05, 4.69) is 10.6 Å². The minimum atomic E-state index is -1.41. The Labute approximate surface area is 191 Å². The van der Waals surface area contributed by atoms with Crippen LogP contribution in [0.25, 0.3) is 0 Å². The molecule has 0 aliphatic carbocycles. The molecule has 2 saturated heterocycles. The zero-order chi connectivity index (χ0) is 23.5. The van der Waals surface area contributed by atoms with Gasteiger partial charge in [-0.15, -0.1) is 0 Å². The summed E-state index contributed by atoms with van der Waals surface area (Å²) in [6.45, 7) is 3.61. The lowest BCUT2D eigenvalue weighted by Crippen LogP contribution is -2.54. The van der Waals surface area contributed by atoms with Crippen molar-refractivity contribution in [2.45, 2.75) is 44.5 Å². The lowest BCUT2D eigenvalue weighted by Gasteiger charge is -2.30. The summed E-state index contributed by atoms with van der Waals surface area (Å²) >= 11 is 0. The van der Waals surface area contributed by atoms with Gasteiger partial charge in [0.2, 0.25) is 17.7 Å². The number of imide groups is 1. The Bertz CT molecular complexity index is 1160. The molecule has 8 nitrogen and oxygen atoms in total. The number of fused-ring (bicyclic) bond motifs is 4. The van der Waals surface area contributed by atoms with Crippen molar-refractivity contribution >= 4 is 23.4 Å². The second-order valence-corrected chi connectivity index (χ2v) is 8.94. The molecule has 0 bridgehead atoms. The van der Waals surface area contributed by atoms with E-state index in [9.17, 15) is 19.5 Å². The average molecular weight is 450 g/mol. The highest BCUT2D eigenvalue weighted by atomic mass is 16.5. The van der Waals surface area contributed by atoms with Gasteiger partial charge >= 0.3 is 0 Å². The number of ether oxygens (including phenoxy) is 1. The first-order valence-corrected chi connectivity index (χ1v) is 11.2. The van der Waals surface area contributed by atoms with Crippen LogP contribution in [0, 0.1) is 11.8 Å². The Morgan fingerprint density at radius 3 is 2.52 bits per heavy atom. The summed E-state index contributed by atoms with van der Waals surface area (Å²) in [5, 5.41) is 16.7. The largest absolute Gasteiger partial charge is 0.496 e. The van der Waals surface area contributed by atoms with Crippen LogP contribution < -0.4 is 15.4 Å². The molecule has 3 N–H and O–H groups in total. The minimum Gasteiger partial charge on any atom is -0.496 e. The van der Waals surface area contributed by atoms with Crippen LogP contribution in [-0.2, 0) is 32.9 Å². The van der Waals surface area contributed by atoms with E-state index in [1.165, 1.54) is 12.0 Å². The van der Waals surface area contributed by atoms with Gasteiger partial charge in [0.05, 0.1) is 31.6 Å². The maximum atomic E-state index is 13.8. The fourth-order valence-electron chi connectivity index (χ4n) is 5.75. The smallest absolute Gasteiger partial charge is 0.250 e. The SMILES string of the molecule is CCc1cccc2c1NC(=O)[C@@]21N[C@H]([C@H](C)O)[C@H]2C(=O)N(Cc3ccccc3OC)C(=O)[C@H]21. The molecule has 3 aliphatic rings. The third-order valence-corrected chi connectivity index (χ3v) is 7.28. The maximum absolute atomic E-state index is 13.8. The number of nitrogens with zero attached hydrogens (tertiary/aromatic N) is 1. The lowest BCUT2D eigenvalue weighted by atomic mass is 9.76. The van der Waals surface area contributed by atoms with Crippen LogP contribution in [0.3, 0.4) is 0 Å². The number of benzene rings is 2. The second kappa shape index (κ2) is 7.67. The van der Waals surface area contributed by atoms with Crippen LogP contribution in [0.4, 0.5) is 5.69 Å². The van der Waals surface area contributed by atoms with Gasteiger partial charge in [0.25, 0.3) is 0 Å². The number of likely N-dealkylation sites (tertiary alicyclic amines) is 1. The molecule has 3 heterocycles. The van der Waals surface area contributed by atoms with Crippen molar-refractivity contribution in [1.29, 1.82) is 0 Å². The summed E-state index contributed by atoms with van der Waals surface area (Å²) in [7, 11) is 1.54. The molecule has 3 aliphatic heterocycles. The van der Waals surface area contributed by atoms with Gasteiger partial charge in [-0.05, 0) is 25.0 Å². The van der Waals surface area contributed by atoms with Crippen molar-refractivity contribution in [3.8, 4) is 5.75 Å². The van der Waals surface area contributed by atoms with Crippen molar-refractivity contribution in [1.82, 2.24) is 10.2 Å². The summed E-state index contributed by atoms with van der Waals surface area (Å²) in [4.78, 5) is 42.1. The number of aliphatic hydroxyl groups excluding tert-OH is 1. The van der Waals surface area contributed by atoms with Crippen molar-refractivity contribution in [3.63, 3.8) is 0 Å². The molecule has 33 heavy (non-hydrogen) atoms. The summed E-state index contributed by atoms with van der Waals surface area (Å²) < 4.78 is 5.40. The van der Waals surface area contributed by atoms with Crippen molar-refractivity contribution < 1.29 is 24.2 Å².